The molecule has 0 bridgehead atoms. The molecule has 1 fully saturated rings. The van der Waals surface area contributed by atoms with E-state index in [0.29, 0.717) is 11.1 Å². The number of hydrogen-bond acceptors (Lipinski definition) is 5. The molecular weight excluding hydrogens is 802 g/mol. The van der Waals surface area contributed by atoms with Crippen LogP contribution in [0.4, 0.5) is 22.7 Å². The van der Waals surface area contributed by atoms with E-state index in [0.717, 1.165) is 11.4 Å². The van der Waals surface area contributed by atoms with Crippen molar-refractivity contribution in [1.82, 2.24) is 5.32 Å². The maximum absolute atomic E-state index is 3.66. The Hall–Kier alpha value is -5.66. The summed E-state index contributed by atoms with van der Waals surface area (Å²) in [6.45, 7) is 17.8. The van der Waals surface area contributed by atoms with E-state index in [1.165, 1.54) is 95.8 Å². The predicted molar refractivity (Wildman–Crippen MR) is 280 cm³/mol. The Bertz CT molecular complexity index is 2780. The minimum Gasteiger partial charge on any atom is -0.376 e. The fourth-order valence-electron chi connectivity index (χ4n) is 9.77. The van der Waals surface area contributed by atoms with Crippen molar-refractivity contribution in [2.24, 2.45) is 0 Å². The predicted octanol–water partition coefficient (Wildman–Crippen LogP) is 15.4. The number of hydrogen-bond donors (Lipinski definition) is 2. The fraction of sp³-hybridized carbons (Fsp3) is 0.228. The van der Waals surface area contributed by atoms with Crippen molar-refractivity contribution in [3.63, 3.8) is 0 Å². The van der Waals surface area contributed by atoms with Gasteiger partial charge in [-0.2, -0.15) is 0 Å². The van der Waals surface area contributed by atoms with E-state index in [1.54, 1.807) is 11.3 Å². The molecule has 0 unspecified atom stereocenters. The van der Waals surface area contributed by atoms with Gasteiger partial charge in [-0.15, -0.1) is 22.7 Å². The van der Waals surface area contributed by atoms with Gasteiger partial charge < -0.3 is 15.4 Å². The van der Waals surface area contributed by atoms with E-state index in [2.05, 4.69) is 219 Å². The molecule has 0 atom stereocenters. The van der Waals surface area contributed by atoms with Gasteiger partial charge in [0.05, 0.1) is 0 Å². The summed E-state index contributed by atoms with van der Waals surface area (Å²) in [5, 5.41) is 11.8. The van der Waals surface area contributed by atoms with Gasteiger partial charge in [0, 0.05) is 65.8 Å². The van der Waals surface area contributed by atoms with Crippen LogP contribution >= 0.6 is 22.7 Å². The first-order valence-corrected chi connectivity index (χ1v) is 24.3. The van der Waals surface area contributed by atoms with Crippen LogP contribution in [-0.2, 0) is 0 Å². The summed E-state index contributed by atoms with van der Waals surface area (Å²) in [6.07, 6.45) is 4.00. The third-order valence-corrected chi connectivity index (χ3v) is 14.1. The van der Waals surface area contributed by atoms with Crippen LogP contribution in [0, 0.1) is 13.8 Å². The van der Waals surface area contributed by atoms with Gasteiger partial charge >= 0.3 is 6.85 Å². The maximum Gasteiger partial charge on any atom is 0.330 e. The van der Waals surface area contributed by atoms with E-state index in [9.17, 15) is 0 Å². The molecule has 2 N–H and O–H groups in total. The Balaban J connectivity index is 0.000000138. The third kappa shape index (κ3) is 9.22. The van der Waals surface area contributed by atoms with Crippen molar-refractivity contribution in [3.8, 4) is 44.5 Å². The highest BCUT2D eigenvalue weighted by molar-refractivity contribution is 7.13. The van der Waals surface area contributed by atoms with Crippen LogP contribution in [-0.4, -0.2) is 17.9 Å². The number of nitrogens with zero attached hydrogens (tertiary/aromatic N) is 1. The van der Waals surface area contributed by atoms with Crippen molar-refractivity contribution in [3.05, 3.63) is 178 Å². The summed E-state index contributed by atoms with van der Waals surface area (Å²) < 4.78 is 0. The van der Waals surface area contributed by atoms with Gasteiger partial charge in [-0.05, 0) is 135 Å². The Labute approximate surface area is 385 Å². The number of aryl methyl sites for hydroxylation is 2. The Morgan fingerprint density at radius 2 is 1.03 bits per heavy atom. The van der Waals surface area contributed by atoms with Crippen molar-refractivity contribution < 1.29 is 0 Å². The first kappa shape index (κ1) is 44.0. The summed E-state index contributed by atoms with van der Waals surface area (Å²) in [4.78, 5) is 5.29. The second-order valence-electron chi connectivity index (χ2n) is 17.7. The molecule has 0 aliphatic carbocycles. The van der Waals surface area contributed by atoms with Gasteiger partial charge in [-0.3, -0.25) is 0 Å². The van der Waals surface area contributed by atoms with Crippen LogP contribution in [0.1, 0.15) is 70.6 Å². The van der Waals surface area contributed by atoms with E-state index >= 15 is 0 Å². The lowest BCUT2D eigenvalue weighted by Gasteiger charge is -2.42. The lowest BCUT2D eigenvalue weighted by Crippen LogP contribution is -2.59. The zero-order valence-electron chi connectivity index (χ0n) is 38.1. The number of para-hydroxylation sites is 4. The van der Waals surface area contributed by atoms with Gasteiger partial charge in [0.1, 0.15) is 0 Å². The molecule has 63 heavy (non-hydrogen) atoms. The SMILES string of the molecule is CC.CC1(C)CCCC(C)(C)N1.Cc1scc2c1-c1ccccc1N1B2c2ccccc2-c2ccccc21.Cc1sccc1-c1ccccc1Nc1ccccc1-c1ccccc1. The number of piperidine rings is 1. The summed E-state index contributed by atoms with van der Waals surface area (Å²) in [6, 6.07) is 56.2. The standard InChI is InChI=1S/C23H16BNS.C23H19NS.C9H19N.C2H6/c1-15-23-18-10-4-7-13-22(18)25-21-12-6-3-9-17(21)16-8-2-5-11-19(16)24(25)20(23)14-26-15;1-17-19(15-16-25-17)21-12-6-8-14-23(21)24-22-13-7-5-11-20(22)18-9-3-2-4-10-18;1-8(2)6-5-7-9(3,4)10-8;1-2/h2-14H,1H3;2-16,24H,1H3;10H,5-7H2,1-4H3;1-2H3. The van der Waals surface area contributed by atoms with Gasteiger partial charge in [0.25, 0.3) is 0 Å². The van der Waals surface area contributed by atoms with E-state index in [4.69, 9.17) is 0 Å². The van der Waals surface area contributed by atoms with E-state index in [1.807, 2.05) is 31.3 Å². The zero-order valence-corrected chi connectivity index (χ0v) is 39.8. The highest BCUT2D eigenvalue weighted by Gasteiger charge is 2.43. The van der Waals surface area contributed by atoms with Crippen molar-refractivity contribution in [2.75, 3.05) is 10.1 Å². The topological polar surface area (TPSA) is 27.3 Å². The summed E-state index contributed by atoms with van der Waals surface area (Å²) in [7, 11) is 0. The van der Waals surface area contributed by atoms with E-state index in [-0.39, 0.29) is 6.85 Å². The molecule has 3 aliphatic heterocycles. The average molecular weight is 862 g/mol. The van der Waals surface area contributed by atoms with E-state index < -0.39 is 0 Å². The molecular formula is C57H60BN3S2. The molecule has 318 valence electrons. The molecule has 0 amide bonds. The molecule has 11 rings (SSSR count). The van der Waals surface area contributed by atoms with Gasteiger partial charge in [-0.25, -0.2) is 0 Å². The minimum atomic E-state index is 0.246. The van der Waals surface area contributed by atoms with Crippen LogP contribution in [0.25, 0.3) is 44.5 Å². The number of anilines is 4. The highest BCUT2D eigenvalue weighted by Crippen LogP contribution is 2.47. The second kappa shape index (κ2) is 19.0. The molecule has 0 saturated carbocycles. The van der Waals surface area contributed by atoms with Crippen LogP contribution in [0.15, 0.2) is 168 Å². The molecule has 0 spiro atoms. The largest absolute Gasteiger partial charge is 0.376 e. The number of benzene rings is 6. The van der Waals surface area contributed by atoms with Crippen LogP contribution in [0.2, 0.25) is 0 Å². The number of rotatable bonds is 4. The Morgan fingerprint density at radius 1 is 0.508 bits per heavy atom. The highest BCUT2D eigenvalue weighted by atomic mass is 32.1. The molecule has 1 saturated heterocycles. The van der Waals surface area contributed by atoms with Crippen molar-refractivity contribution in [2.45, 2.75) is 85.7 Å². The molecule has 8 aromatic rings. The molecule has 3 nitrogen and oxygen atoms in total. The normalized spacial score (nSPS) is 14.6. The zero-order chi connectivity index (χ0) is 44.1. The van der Waals surface area contributed by atoms with Crippen LogP contribution in [0.5, 0.6) is 0 Å². The monoisotopic (exact) mass is 861 g/mol. The second-order valence-corrected chi connectivity index (χ2v) is 19.9. The smallest absolute Gasteiger partial charge is 0.330 e. The third-order valence-electron chi connectivity index (χ3n) is 12.3. The summed E-state index contributed by atoms with van der Waals surface area (Å²) >= 11 is 3.66. The summed E-state index contributed by atoms with van der Waals surface area (Å²) in [5.74, 6) is 0. The average Bonchev–Trinajstić information content (AvgIpc) is 3.92. The molecule has 0 radical (unpaired) electrons. The molecule has 2 aromatic heterocycles. The summed E-state index contributed by atoms with van der Waals surface area (Å²) in [5.41, 5.74) is 18.9. The van der Waals surface area contributed by atoms with Gasteiger partial charge in [-0.1, -0.05) is 141 Å². The van der Waals surface area contributed by atoms with Gasteiger partial charge in [0.2, 0.25) is 0 Å². The Morgan fingerprint density at radius 3 is 1.65 bits per heavy atom. The number of fused-ring (bicyclic) bond motifs is 11. The first-order valence-electron chi connectivity index (χ1n) is 22.6. The molecule has 3 aliphatic rings. The van der Waals surface area contributed by atoms with Gasteiger partial charge in [0.15, 0.2) is 0 Å². The van der Waals surface area contributed by atoms with Crippen LogP contribution < -0.4 is 26.4 Å². The van der Waals surface area contributed by atoms with Crippen LogP contribution in [0.3, 0.4) is 0 Å². The quantitative estimate of drug-likeness (QED) is 0.173. The molecule has 6 heteroatoms. The van der Waals surface area contributed by atoms with Crippen molar-refractivity contribution in [1.29, 1.82) is 0 Å². The Kier molecular flexibility index (Phi) is 13.3. The lowest BCUT2D eigenvalue weighted by atomic mass is 9.44. The minimum absolute atomic E-state index is 0.246. The van der Waals surface area contributed by atoms with Crippen molar-refractivity contribution >= 4 is 63.2 Å². The maximum atomic E-state index is 3.66. The lowest BCUT2D eigenvalue weighted by molar-refractivity contribution is 0.183. The molecule has 6 aromatic carbocycles. The fourth-order valence-corrected chi connectivity index (χ4v) is 11.4. The first-order chi connectivity index (χ1) is 30.6. The number of thiophene rings is 2. The molecule has 5 heterocycles. The number of nitrogens with one attached hydrogen (secondary N) is 2.